The number of nitrogens with one attached hydrogen (secondary N) is 1. The minimum atomic E-state index is -1.49. The van der Waals surface area contributed by atoms with Gasteiger partial charge in [0.15, 0.2) is 5.13 Å². The minimum Gasteiger partial charge on any atom is -0.447 e. The third-order valence-electron chi connectivity index (χ3n) is 3.52. The zero-order valence-corrected chi connectivity index (χ0v) is 17.0. The molecule has 0 aliphatic rings. The number of hydrogen-bond donors (Lipinski definition) is 1. The Morgan fingerprint density at radius 3 is 2.73 bits per heavy atom. The Bertz CT molecular complexity index is 935. The molecule has 0 aromatic carbocycles. The molecule has 3 aromatic rings. The molecule has 0 atom stereocenters. The minimum absolute atomic E-state index is 0.138. The third-order valence-corrected chi connectivity index (χ3v) is 6.11. The van der Waals surface area contributed by atoms with E-state index in [0.717, 1.165) is 16.0 Å². The van der Waals surface area contributed by atoms with Crippen molar-refractivity contribution in [3.8, 4) is 0 Å². The molecule has 1 amide bonds. The summed E-state index contributed by atoms with van der Waals surface area (Å²) in [6.07, 6.45) is 10.9. The van der Waals surface area contributed by atoms with Crippen LogP contribution in [0.4, 0.5) is 5.13 Å². The van der Waals surface area contributed by atoms with Gasteiger partial charge in [-0.3, -0.25) is 4.79 Å². The van der Waals surface area contributed by atoms with Crippen LogP contribution in [0.1, 0.15) is 16.5 Å². The number of anilines is 1. The lowest BCUT2D eigenvalue weighted by Crippen LogP contribution is -2.36. The molecule has 7 nitrogen and oxygen atoms in total. The van der Waals surface area contributed by atoms with Gasteiger partial charge in [0, 0.05) is 30.4 Å². The van der Waals surface area contributed by atoms with Crippen LogP contribution in [-0.4, -0.2) is 33.5 Å². The van der Waals surface area contributed by atoms with Crippen LogP contribution in [0.5, 0.6) is 0 Å². The third kappa shape index (κ3) is 4.76. The Morgan fingerprint density at radius 2 is 2.08 bits per heavy atom. The van der Waals surface area contributed by atoms with E-state index in [2.05, 4.69) is 39.9 Å². The number of nitrogens with zero attached hydrogens (tertiary/aromatic N) is 4. The monoisotopic (exact) mass is 387 g/mol. The molecular formula is C17H21N5O2SSi. The smallest absolute Gasteiger partial charge is 0.232 e. The summed E-state index contributed by atoms with van der Waals surface area (Å²) in [6, 6.07) is 0. The highest BCUT2D eigenvalue weighted by atomic mass is 32.1. The second kappa shape index (κ2) is 7.38. The van der Waals surface area contributed by atoms with Crippen LogP contribution in [0.25, 0.3) is 12.2 Å². The van der Waals surface area contributed by atoms with Crippen molar-refractivity contribution in [3.63, 3.8) is 0 Å². The van der Waals surface area contributed by atoms with Gasteiger partial charge in [0.1, 0.15) is 13.5 Å². The first kappa shape index (κ1) is 18.3. The number of rotatable bonds is 6. The van der Waals surface area contributed by atoms with Crippen molar-refractivity contribution in [1.82, 2.24) is 19.5 Å². The molecular weight excluding hydrogens is 366 g/mol. The van der Waals surface area contributed by atoms with E-state index in [1.165, 1.54) is 11.3 Å². The van der Waals surface area contributed by atoms with Gasteiger partial charge in [0.2, 0.25) is 11.8 Å². The quantitative estimate of drug-likeness (QED) is 0.657. The molecule has 0 unspecified atom stereocenters. The highest BCUT2D eigenvalue weighted by Crippen LogP contribution is 2.20. The van der Waals surface area contributed by atoms with E-state index in [1.54, 1.807) is 12.5 Å². The number of aryl methyl sites for hydroxylation is 1. The largest absolute Gasteiger partial charge is 0.447 e. The molecule has 3 rings (SSSR count). The summed E-state index contributed by atoms with van der Waals surface area (Å²) in [7, 11) is 0.377. The van der Waals surface area contributed by atoms with E-state index in [-0.39, 0.29) is 12.3 Å². The van der Waals surface area contributed by atoms with Gasteiger partial charge in [-0.2, -0.15) is 0 Å². The van der Waals surface area contributed by atoms with Gasteiger partial charge >= 0.3 is 0 Å². The molecule has 3 heterocycles. The molecule has 1 N–H and O–H groups in total. The van der Waals surface area contributed by atoms with Crippen molar-refractivity contribution in [2.45, 2.75) is 26.1 Å². The number of oxazole rings is 1. The highest BCUT2D eigenvalue weighted by molar-refractivity contribution is 7.16. The number of carbonyl (C=O) groups is 1. The van der Waals surface area contributed by atoms with Crippen LogP contribution in [0.2, 0.25) is 19.6 Å². The number of aromatic nitrogens is 4. The predicted molar refractivity (Wildman–Crippen MR) is 106 cm³/mol. The van der Waals surface area contributed by atoms with E-state index in [1.807, 2.05) is 36.2 Å². The Morgan fingerprint density at radius 1 is 1.27 bits per heavy atom. The second-order valence-corrected chi connectivity index (χ2v) is 13.0. The van der Waals surface area contributed by atoms with Gasteiger partial charge in [-0.1, -0.05) is 31.0 Å². The zero-order chi connectivity index (χ0) is 18.7. The van der Waals surface area contributed by atoms with Gasteiger partial charge in [0.25, 0.3) is 0 Å². The summed E-state index contributed by atoms with van der Waals surface area (Å²) in [4.78, 5) is 25.6. The number of hydrogen-bond acceptors (Lipinski definition) is 6. The maximum Gasteiger partial charge on any atom is 0.232 e. The van der Waals surface area contributed by atoms with Crippen LogP contribution in [-0.2, 0) is 18.3 Å². The van der Waals surface area contributed by atoms with Crippen molar-refractivity contribution < 1.29 is 9.21 Å². The molecule has 9 heteroatoms. The normalized spacial score (nSPS) is 12.0. The predicted octanol–water partition coefficient (Wildman–Crippen LogP) is 2.76. The van der Waals surface area contributed by atoms with Gasteiger partial charge in [-0.15, -0.1) is 0 Å². The second-order valence-electron chi connectivity index (χ2n) is 6.97. The molecule has 0 aliphatic heterocycles. The fourth-order valence-electron chi connectivity index (χ4n) is 2.17. The Kier molecular flexibility index (Phi) is 5.19. The summed E-state index contributed by atoms with van der Waals surface area (Å²) in [5.74, 6) is 0.442. The van der Waals surface area contributed by atoms with Crippen molar-refractivity contribution in [3.05, 3.63) is 41.4 Å². The number of amides is 1. The highest BCUT2D eigenvalue weighted by Gasteiger charge is 2.21. The Labute approximate surface area is 156 Å². The van der Waals surface area contributed by atoms with E-state index in [4.69, 9.17) is 4.42 Å². The summed E-state index contributed by atoms with van der Waals surface area (Å²) in [5, 5.41) is 4.33. The molecule has 0 aliphatic carbocycles. The van der Waals surface area contributed by atoms with Crippen molar-refractivity contribution in [2.24, 2.45) is 7.05 Å². The molecule has 3 aromatic heterocycles. The van der Waals surface area contributed by atoms with Gasteiger partial charge in [-0.25, -0.2) is 15.0 Å². The van der Waals surface area contributed by atoms with Crippen molar-refractivity contribution in [2.75, 3.05) is 5.32 Å². The Balaban J connectivity index is 1.59. The number of carbonyl (C=O) groups excluding carboxylic acids is 1. The van der Waals surface area contributed by atoms with Crippen LogP contribution in [0.3, 0.4) is 0 Å². The fraction of sp³-hybridized carbons (Fsp3) is 0.294. The summed E-state index contributed by atoms with van der Waals surface area (Å²) >= 11 is 1.39. The standard InChI is InChI=1S/C17H21N5O2SSi/c1-22-10-12(20-11-22)7-14(23)21-17-19-8-13(25-17)5-6-15-18-9-16(24-15)26(2,3)4/h5-6,8-11H,7H2,1-4H3,(H,19,21,23). The van der Waals surface area contributed by atoms with Gasteiger partial charge in [-0.05, 0) is 6.08 Å². The van der Waals surface area contributed by atoms with E-state index < -0.39 is 8.07 Å². The fourth-order valence-corrected chi connectivity index (χ4v) is 3.77. The van der Waals surface area contributed by atoms with Gasteiger partial charge in [0.05, 0.1) is 24.6 Å². The lowest BCUT2D eigenvalue weighted by molar-refractivity contribution is -0.115. The topological polar surface area (TPSA) is 85.8 Å². The van der Waals surface area contributed by atoms with Crippen LogP contribution in [0, 0.1) is 0 Å². The molecule has 0 saturated heterocycles. The van der Waals surface area contributed by atoms with Gasteiger partial charge < -0.3 is 14.3 Å². The van der Waals surface area contributed by atoms with Crippen LogP contribution < -0.4 is 10.7 Å². The molecule has 0 spiro atoms. The molecule has 0 saturated carbocycles. The van der Waals surface area contributed by atoms with Crippen molar-refractivity contribution in [1.29, 1.82) is 0 Å². The Hall–Kier alpha value is -2.52. The lowest BCUT2D eigenvalue weighted by atomic mass is 10.3. The summed E-state index contributed by atoms with van der Waals surface area (Å²) < 4.78 is 7.59. The van der Waals surface area contributed by atoms with Crippen molar-refractivity contribution >= 4 is 48.0 Å². The van der Waals surface area contributed by atoms with Crippen LogP contribution in [0.15, 0.2) is 29.3 Å². The zero-order valence-electron chi connectivity index (χ0n) is 15.2. The maximum absolute atomic E-state index is 12.0. The first-order valence-electron chi connectivity index (χ1n) is 8.16. The lowest BCUT2D eigenvalue weighted by Gasteiger charge is -2.09. The number of thiazole rings is 1. The molecule has 0 bridgehead atoms. The molecule has 26 heavy (non-hydrogen) atoms. The first-order valence-corrected chi connectivity index (χ1v) is 12.5. The summed E-state index contributed by atoms with van der Waals surface area (Å²) in [6.45, 7) is 6.64. The first-order chi connectivity index (χ1) is 12.3. The van der Waals surface area contributed by atoms with E-state index >= 15 is 0 Å². The average Bonchev–Trinajstić information content (AvgIpc) is 3.26. The van der Waals surface area contributed by atoms with E-state index in [0.29, 0.717) is 11.0 Å². The molecule has 0 fully saturated rings. The van der Waals surface area contributed by atoms with Crippen LogP contribution >= 0.6 is 11.3 Å². The maximum atomic E-state index is 12.0. The molecule has 136 valence electrons. The summed E-state index contributed by atoms with van der Waals surface area (Å²) in [5.41, 5.74) is 0.726. The SMILES string of the molecule is Cn1cnc(CC(=O)Nc2ncc(C=Cc3ncc([Si](C)(C)C)o3)s2)c1. The number of imidazole rings is 1. The van der Waals surface area contributed by atoms with E-state index in [9.17, 15) is 4.79 Å². The average molecular weight is 388 g/mol. The molecule has 0 radical (unpaired) electrons.